The largest absolute Gasteiger partial charge is 0.272 e. The SMILES string of the molecule is O=c1c2c3c(sc2n2c(-c4ccc([N+](=O)[O-])cc4)nnc2n1Cc1ccccc1)CCCC3. The highest BCUT2D eigenvalue weighted by Gasteiger charge is 2.25. The summed E-state index contributed by atoms with van der Waals surface area (Å²) < 4.78 is 3.64. The Hall–Kier alpha value is -3.85. The lowest BCUT2D eigenvalue weighted by Crippen LogP contribution is -2.24. The predicted molar refractivity (Wildman–Crippen MR) is 127 cm³/mol. The minimum absolute atomic E-state index is 0.0188. The molecule has 0 saturated carbocycles. The Kier molecular flexibility index (Phi) is 4.58. The van der Waals surface area contributed by atoms with Gasteiger partial charge >= 0.3 is 0 Å². The topological polar surface area (TPSA) is 95.3 Å². The molecule has 0 aliphatic heterocycles. The zero-order chi connectivity index (χ0) is 22.5. The Balaban J connectivity index is 1.65. The zero-order valence-electron chi connectivity index (χ0n) is 17.6. The average molecular weight is 458 g/mol. The summed E-state index contributed by atoms with van der Waals surface area (Å²) in [4.78, 5) is 26.5. The van der Waals surface area contributed by atoms with Crippen molar-refractivity contribution in [2.45, 2.75) is 32.2 Å². The number of hydrogen-bond donors (Lipinski definition) is 0. The predicted octanol–water partition coefficient (Wildman–Crippen LogP) is 4.61. The van der Waals surface area contributed by atoms with Crippen molar-refractivity contribution >= 4 is 33.0 Å². The fraction of sp³-hybridized carbons (Fsp3) is 0.208. The van der Waals surface area contributed by atoms with E-state index in [1.54, 1.807) is 28.0 Å². The van der Waals surface area contributed by atoms with Crippen molar-refractivity contribution in [1.82, 2.24) is 19.2 Å². The summed E-state index contributed by atoms with van der Waals surface area (Å²) in [6.45, 7) is 0.391. The lowest BCUT2D eigenvalue weighted by atomic mass is 9.97. The van der Waals surface area contributed by atoms with E-state index in [-0.39, 0.29) is 11.2 Å². The summed E-state index contributed by atoms with van der Waals surface area (Å²) in [6.07, 6.45) is 4.07. The van der Waals surface area contributed by atoms with Gasteiger partial charge in [-0.15, -0.1) is 21.5 Å². The number of thiophene rings is 1. The Morgan fingerprint density at radius 1 is 1.00 bits per heavy atom. The molecule has 5 aromatic rings. The third kappa shape index (κ3) is 3.15. The van der Waals surface area contributed by atoms with E-state index in [1.807, 2.05) is 34.7 Å². The van der Waals surface area contributed by atoms with Crippen LogP contribution >= 0.6 is 11.3 Å². The molecule has 3 aromatic heterocycles. The number of nitro groups is 1. The third-order valence-corrected chi connectivity index (χ3v) is 7.50. The van der Waals surface area contributed by atoms with Crippen LogP contribution in [0, 0.1) is 10.1 Å². The first-order valence-electron chi connectivity index (χ1n) is 10.8. The number of fused-ring (bicyclic) bond motifs is 5. The molecule has 164 valence electrons. The van der Waals surface area contributed by atoms with Crippen molar-refractivity contribution in [2.75, 3.05) is 0 Å². The first-order valence-corrected chi connectivity index (χ1v) is 11.6. The highest BCUT2D eigenvalue weighted by Crippen LogP contribution is 2.36. The lowest BCUT2D eigenvalue weighted by molar-refractivity contribution is -0.384. The number of non-ortho nitro benzene ring substituents is 1. The van der Waals surface area contributed by atoms with Crippen LogP contribution in [0.5, 0.6) is 0 Å². The highest BCUT2D eigenvalue weighted by atomic mass is 32.1. The van der Waals surface area contributed by atoms with Gasteiger partial charge in [0.2, 0.25) is 5.78 Å². The van der Waals surface area contributed by atoms with Gasteiger partial charge in [0.1, 0.15) is 4.83 Å². The standard InChI is InChI=1S/C24H19N5O3S/c30-22-20-18-8-4-5-9-19(18)33-23(20)28-21(16-10-12-17(13-11-16)29(31)32)25-26-24(28)27(22)14-15-6-2-1-3-7-15/h1-3,6-7,10-13H,4-5,8-9,14H2. The molecular weight excluding hydrogens is 438 g/mol. The minimum atomic E-state index is -0.422. The molecule has 8 nitrogen and oxygen atoms in total. The van der Waals surface area contributed by atoms with Crippen molar-refractivity contribution in [3.05, 3.63) is 91.1 Å². The molecule has 0 spiro atoms. The van der Waals surface area contributed by atoms with Crippen molar-refractivity contribution in [3.63, 3.8) is 0 Å². The number of nitro benzene ring substituents is 1. The van der Waals surface area contributed by atoms with Crippen LogP contribution in [-0.4, -0.2) is 24.1 Å². The number of nitrogens with zero attached hydrogens (tertiary/aromatic N) is 5. The van der Waals surface area contributed by atoms with Crippen LogP contribution in [-0.2, 0) is 19.4 Å². The van der Waals surface area contributed by atoms with Crippen LogP contribution in [0.4, 0.5) is 5.69 Å². The number of aromatic nitrogens is 4. The molecule has 9 heteroatoms. The number of aryl methyl sites for hydroxylation is 2. The molecular formula is C24H19N5O3S. The molecule has 1 aliphatic rings. The molecule has 0 saturated heterocycles. The summed E-state index contributed by atoms with van der Waals surface area (Å²) >= 11 is 1.64. The van der Waals surface area contributed by atoms with Crippen LogP contribution in [0.1, 0.15) is 28.8 Å². The summed E-state index contributed by atoms with van der Waals surface area (Å²) in [5.74, 6) is 1.05. The highest BCUT2D eigenvalue weighted by molar-refractivity contribution is 7.19. The summed E-state index contributed by atoms with van der Waals surface area (Å²) in [5.41, 5.74) is 2.85. The van der Waals surface area contributed by atoms with Gasteiger partial charge < -0.3 is 0 Å². The minimum Gasteiger partial charge on any atom is -0.272 e. The van der Waals surface area contributed by atoms with Gasteiger partial charge in [0.15, 0.2) is 5.82 Å². The molecule has 0 amide bonds. The Morgan fingerprint density at radius 2 is 1.76 bits per heavy atom. The fourth-order valence-corrected chi connectivity index (χ4v) is 6.00. The third-order valence-electron chi connectivity index (χ3n) is 6.22. The molecule has 0 bridgehead atoms. The number of hydrogen-bond acceptors (Lipinski definition) is 6. The van der Waals surface area contributed by atoms with E-state index in [0.29, 0.717) is 23.7 Å². The van der Waals surface area contributed by atoms with Crippen LogP contribution < -0.4 is 5.56 Å². The average Bonchev–Trinajstić information content (AvgIpc) is 3.44. The van der Waals surface area contributed by atoms with E-state index >= 15 is 0 Å². The second-order valence-electron chi connectivity index (χ2n) is 8.23. The molecule has 2 aromatic carbocycles. The maximum Gasteiger partial charge on any atom is 0.269 e. The van der Waals surface area contributed by atoms with Gasteiger partial charge in [0.25, 0.3) is 11.2 Å². The summed E-state index contributed by atoms with van der Waals surface area (Å²) in [5, 5.41) is 20.7. The van der Waals surface area contributed by atoms with E-state index in [0.717, 1.165) is 47.0 Å². The van der Waals surface area contributed by atoms with Crippen molar-refractivity contribution in [2.24, 2.45) is 0 Å². The molecule has 0 fully saturated rings. The van der Waals surface area contributed by atoms with E-state index in [2.05, 4.69) is 10.2 Å². The van der Waals surface area contributed by atoms with Crippen molar-refractivity contribution in [1.29, 1.82) is 0 Å². The normalized spacial score (nSPS) is 13.5. The number of rotatable bonds is 4. The molecule has 3 heterocycles. The zero-order valence-corrected chi connectivity index (χ0v) is 18.4. The lowest BCUT2D eigenvalue weighted by Gasteiger charge is -2.12. The maximum atomic E-state index is 13.8. The van der Waals surface area contributed by atoms with Crippen molar-refractivity contribution in [3.8, 4) is 11.4 Å². The van der Waals surface area contributed by atoms with Gasteiger partial charge in [0, 0.05) is 22.6 Å². The van der Waals surface area contributed by atoms with Gasteiger partial charge in [-0.25, -0.2) is 0 Å². The van der Waals surface area contributed by atoms with Gasteiger partial charge in [0.05, 0.1) is 16.9 Å². The van der Waals surface area contributed by atoms with E-state index in [4.69, 9.17) is 0 Å². The smallest absolute Gasteiger partial charge is 0.269 e. The summed E-state index contributed by atoms with van der Waals surface area (Å²) in [7, 11) is 0. The van der Waals surface area contributed by atoms with Crippen LogP contribution in [0.25, 0.3) is 27.4 Å². The molecule has 1 aliphatic carbocycles. The molecule has 0 unspecified atom stereocenters. The van der Waals surface area contributed by atoms with Gasteiger partial charge in [-0.3, -0.25) is 23.9 Å². The van der Waals surface area contributed by atoms with E-state index in [9.17, 15) is 14.9 Å². The Labute approximate surface area is 191 Å². The van der Waals surface area contributed by atoms with Crippen LogP contribution in [0.2, 0.25) is 0 Å². The molecule has 33 heavy (non-hydrogen) atoms. The quantitative estimate of drug-likeness (QED) is 0.290. The first-order chi connectivity index (χ1) is 16.1. The fourth-order valence-electron chi connectivity index (χ4n) is 4.62. The summed E-state index contributed by atoms with van der Waals surface area (Å²) in [6, 6.07) is 16.1. The Morgan fingerprint density at radius 3 is 2.52 bits per heavy atom. The van der Waals surface area contributed by atoms with Gasteiger partial charge in [-0.2, -0.15) is 0 Å². The second kappa shape index (κ2) is 7.63. The van der Waals surface area contributed by atoms with E-state index in [1.165, 1.54) is 17.0 Å². The molecule has 0 N–H and O–H groups in total. The Bertz CT molecular complexity index is 1580. The van der Waals surface area contributed by atoms with E-state index < -0.39 is 4.92 Å². The first kappa shape index (κ1) is 19.8. The number of benzene rings is 2. The second-order valence-corrected chi connectivity index (χ2v) is 9.31. The molecule has 6 rings (SSSR count). The maximum absolute atomic E-state index is 13.8. The van der Waals surface area contributed by atoms with Crippen LogP contribution in [0.15, 0.2) is 59.4 Å². The van der Waals surface area contributed by atoms with Gasteiger partial charge in [-0.1, -0.05) is 30.3 Å². The van der Waals surface area contributed by atoms with Crippen LogP contribution in [0.3, 0.4) is 0 Å². The molecule has 0 radical (unpaired) electrons. The molecule has 0 atom stereocenters. The van der Waals surface area contributed by atoms with Gasteiger partial charge in [-0.05, 0) is 48.9 Å². The van der Waals surface area contributed by atoms with Crippen molar-refractivity contribution < 1.29 is 4.92 Å². The monoisotopic (exact) mass is 457 g/mol.